The molecule has 0 spiro atoms. The van der Waals surface area contributed by atoms with Crippen LogP contribution < -0.4 is 5.32 Å². The highest BCUT2D eigenvalue weighted by molar-refractivity contribution is 7.97. The second kappa shape index (κ2) is 43.7. The normalized spacial score (nSPS) is 28.4. The number of ketones is 1. The minimum absolute atomic E-state index is 0.0159. The van der Waals surface area contributed by atoms with Crippen molar-refractivity contribution in [2.45, 2.75) is 285 Å². The standard InChI is InChI=1S/C22H28F3N3O2S.C14H25NO3S.C14H22O4S.C14H24O3S.C11H16O3.C8H5F3N4.C7H17O5PS/c1-3-31(29,30)15-14-20-8-11-21(12-9-20,13-10-20)19-27-26-18(28(19)2)16-6-4-5-7-17(16)22(23,24)25;1-3-19(17,18)11-10-13-4-7-14(8-5-13,9-6-13)12(16)15-2;1-3-19(16,17)11-10-13-4-7-14(8-5-13,9-6-13)12(15)18-2;1-3-18(16,17)11-10-13-4-7-14(8-5-13,9-6-13)12(2)15;1-14-9(13)11-5-2-10(8-12,3-6-11)4-7-11;9-8(10,11)6-4-2-1-3-5(6)7-12-14-15-13-7;1-4-11-13(8,12-5-2)7-14(9,10)6-3/h4-7H,3,8-15H2,1-2H3;3-11H2,1-2H3,(H,15,16);10-11H,3-9H2,1-2H3;3-11H2,1-2H3;8H,2-7H2,1H3;1-4H,(H,12,13,14,15);4-7H2,1-3H3/b;;11-10+;;;;. The predicted molar refractivity (Wildman–Crippen MR) is 484 cm³/mol. The van der Waals surface area contributed by atoms with Gasteiger partial charge < -0.3 is 33.2 Å². The third-order valence-corrected chi connectivity index (χ3v) is 42.5. The number of tetrazole rings is 1. The van der Waals surface area contributed by atoms with Crippen LogP contribution in [0, 0.1) is 48.7 Å². The number of amides is 1. The summed E-state index contributed by atoms with van der Waals surface area (Å²) in [4.78, 5) is 58.2. The summed E-state index contributed by atoms with van der Waals surface area (Å²) in [6.45, 7) is 13.6. The molecule has 19 rings (SSSR count). The molecule has 0 aliphatic heterocycles. The first kappa shape index (κ1) is 109. The molecule has 2 N–H and O–H groups in total. The molecule has 734 valence electrons. The number of nitrogens with one attached hydrogen (secondary N) is 2. The molecule has 2 aromatic heterocycles. The van der Waals surface area contributed by atoms with Gasteiger partial charge in [-0.1, -0.05) is 77.1 Å². The molecular formula is C90H137F6N8O20PS5. The third kappa shape index (κ3) is 26.9. The molecule has 28 nitrogen and oxygen atoms in total. The van der Waals surface area contributed by atoms with Crippen molar-refractivity contribution in [2.24, 2.45) is 55.8 Å². The number of ether oxygens (including phenoxy) is 2. The fraction of sp³-hybridized carbons (Fsp3) is 0.756. The Labute approximate surface area is 764 Å². The number of carbonyl (C=O) groups is 5. The van der Waals surface area contributed by atoms with Gasteiger partial charge in [0, 0.05) is 75.3 Å². The van der Waals surface area contributed by atoms with Crippen molar-refractivity contribution < 1.29 is 115 Å². The molecule has 130 heavy (non-hydrogen) atoms. The Bertz CT molecular complexity index is 5110. The molecule has 0 saturated heterocycles. The van der Waals surface area contributed by atoms with Crippen LogP contribution in [0.1, 0.15) is 284 Å². The summed E-state index contributed by atoms with van der Waals surface area (Å²) in [7, 11) is -12.2. The van der Waals surface area contributed by atoms with Gasteiger partial charge in [-0.2, -0.15) is 31.6 Å². The van der Waals surface area contributed by atoms with Crippen molar-refractivity contribution in [3.05, 3.63) is 77.0 Å². The minimum atomic E-state index is -4.46. The van der Waals surface area contributed by atoms with Crippen molar-refractivity contribution in [1.82, 2.24) is 40.7 Å². The molecule has 4 aromatic rings. The van der Waals surface area contributed by atoms with Gasteiger partial charge in [0.15, 0.2) is 31.0 Å². The lowest BCUT2D eigenvalue weighted by Gasteiger charge is -2.53. The second-order valence-corrected chi connectivity index (χ2v) is 52.3. The zero-order valence-electron chi connectivity index (χ0n) is 77.6. The fourth-order valence-corrected chi connectivity index (χ4v) is 29.1. The predicted octanol–water partition coefficient (Wildman–Crippen LogP) is 17.2. The topological polar surface area (TPSA) is 407 Å². The molecule has 10 bridgehead atoms. The van der Waals surface area contributed by atoms with E-state index < -0.39 is 85.8 Å². The molecule has 15 aliphatic rings. The van der Waals surface area contributed by atoms with Gasteiger partial charge in [0.25, 0.3) is 0 Å². The number of alkyl halides is 6. The number of benzene rings is 2. The van der Waals surface area contributed by atoms with E-state index in [1.54, 1.807) is 73.2 Å². The Balaban J connectivity index is 0.000000191. The first-order valence-electron chi connectivity index (χ1n) is 45.7. The first-order chi connectivity index (χ1) is 60.7. The van der Waals surface area contributed by atoms with E-state index in [4.69, 9.17) is 18.5 Å². The molecule has 2 aromatic carbocycles. The van der Waals surface area contributed by atoms with E-state index in [0.29, 0.717) is 23.7 Å². The number of aromatic nitrogens is 7. The number of allylic oxidation sites excluding steroid dienone is 1. The third-order valence-electron chi connectivity index (χ3n) is 31.0. The number of methoxy groups -OCH3 is 2. The number of aldehydes is 1. The molecule has 0 atom stereocenters. The Morgan fingerprint density at radius 3 is 1.18 bits per heavy atom. The number of hydrogen-bond donors (Lipinski definition) is 2. The summed E-state index contributed by atoms with van der Waals surface area (Å²) in [5, 5.41) is 25.1. The van der Waals surface area contributed by atoms with Crippen molar-refractivity contribution in [1.29, 1.82) is 0 Å². The average molecular weight is 1960 g/mol. The van der Waals surface area contributed by atoms with E-state index in [1.165, 1.54) is 56.9 Å². The molecule has 15 saturated carbocycles. The van der Waals surface area contributed by atoms with Crippen LogP contribution in [0.5, 0.6) is 0 Å². The van der Waals surface area contributed by atoms with Gasteiger partial charge in [0.2, 0.25) is 11.7 Å². The van der Waals surface area contributed by atoms with E-state index in [0.717, 1.165) is 230 Å². The number of nitrogens with zero attached hydrogens (tertiary/aromatic N) is 6. The number of fused-ring (bicyclic) bond motifs is 15. The second-order valence-electron chi connectivity index (χ2n) is 37.9. The van der Waals surface area contributed by atoms with E-state index in [9.17, 15) is 97.0 Å². The smallest absolute Gasteiger partial charge is 0.417 e. The Morgan fingerprint density at radius 2 is 0.846 bits per heavy atom. The van der Waals surface area contributed by atoms with Gasteiger partial charge >= 0.3 is 31.9 Å². The van der Waals surface area contributed by atoms with Crippen molar-refractivity contribution in [2.75, 3.05) is 86.0 Å². The van der Waals surface area contributed by atoms with Gasteiger partial charge in [-0.15, -0.1) is 20.4 Å². The number of H-pyrrole nitrogens is 1. The van der Waals surface area contributed by atoms with Crippen molar-refractivity contribution >= 4 is 86.7 Å². The Hall–Kier alpha value is -6.38. The maximum Gasteiger partial charge on any atom is 0.417 e. The van der Waals surface area contributed by atoms with E-state index in [1.807, 2.05) is 6.08 Å². The molecule has 15 aliphatic carbocycles. The Morgan fingerprint density at radius 1 is 0.485 bits per heavy atom. The zero-order valence-corrected chi connectivity index (χ0v) is 82.5. The minimum Gasteiger partial charge on any atom is -0.469 e. The molecule has 1 amide bonds. The van der Waals surface area contributed by atoms with Crippen molar-refractivity contribution in [3.63, 3.8) is 0 Å². The quantitative estimate of drug-likeness (QED) is 0.0212. The van der Waals surface area contributed by atoms with Crippen LogP contribution in [0.15, 0.2) is 60.0 Å². The van der Waals surface area contributed by atoms with Crippen LogP contribution >= 0.6 is 7.60 Å². The maximum atomic E-state index is 13.5. The highest BCUT2D eigenvalue weighted by Crippen LogP contribution is 2.63. The van der Waals surface area contributed by atoms with Gasteiger partial charge in [-0.25, -0.2) is 42.1 Å². The van der Waals surface area contributed by atoms with Crippen molar-refractivity contribution in [3.8, 4) is 22.8 Å². The number of carbonyl (C=O) groups excluding carboxylic acids is 5. The van der Waals surface area contributed by atoms with Crippen LogP contribution in [0.25, 0.3) is 22.8 Å². The number of hydrogen-bond acceptors (Lipinski definition) is 25. The van der Waals surface area contributed by atoms with Crippen LogP contribution in [-0.2, 0) is 121 Å². The fourth-order valence-electron chi connectivity index (χ4n) is 21.2. The van der Waals surface area contributed by atoms with Crippen LogP contribution in [-0.4, -0.2) is 193 Å². The number of aromatic amines is 1. The lowest BCUT2D eigenvalue weighted by molar-refractivity contribution is -0.163. The maximum absolute atomic E-state index is 13.5. The van der Waals surface area contributed by atoms with E-state index >= 15 is 0 Å². The molecule has 40 heteroatoms. The van der Waals surface area contributed by atoms with Gasteiger partial charge in [-0.05, 0) is 272 Å². The van der Waals surface area contributed by atoms with Gasteiger partial charge in [0.05, 0.1) is 72.4 Å². The number of rotatable bonds is 30. The number of esters is 2. The summed E-state index contributed by atoms with van der Waals surface area (Å²) < 4.78 is 227. The SMILES string of the molecule is CCOP(=O)(CS(=O)(=O)CC)OCC.CCS(=O)(=O)/C=C/C12CCC(C(=O)OC)(CC1)CC2.CCS(=O)(=O)CCC12CCC(C(=O)NC)(CC1)CC2.CCS(=O)(=O)CCC12CCC(C(C)=O)(CC1)CC2.CCS(=O)(=O)CCC12CCC(c3nnc(-c4ccccc4C(F)(F)F)n3C)(CC1)CC2.COC(=O)C12CCC(C=O)(CC1)CC2.FC(F)(F)c1ccccc1-c1nn[nH]n1. The highest BCUT2D eigenvalue weighted by Gasteiger charge is 2.57. The summed E-state index contributed by atoms with van der Waals surface area (Å²) in [5.41, 5.74) is -2.64. The van der Waals surface area contributed by atoms with Gasteiger partial charge in [0.1, 0.15) is 47.4 Å². The van der Waals surface area contributed by atoms with Gasteiger partial charge in [-0.3, -0.25) is 23.7 Å². The molecular weight excluding hydrogens is 1820 g/mol. The Kier molecular flexibility index (Phi) is 36.7. The largest absolute Gasteiger partial charge is 0.469 e. The summed E-state index contributed by atoms with van der Waals surface area (Å²) in [6, 6.07) is 10.5. The molecule has 15 fully saturated rings. The van der Waals surface area contributed by atoms with Crippen LogP contribution in [0.3, 0.4) is 0 Å². The van der Waals surface area contributed by atoms with E-state index in [2.05, 4.69) is 36.1 Å². The number of Topliss-reactive ketones (excluding diaryl/α,β-unsaturated/α-hetero) is 1. The van der Waals surface area contributed by atoms with Crippen LogP contribution in [0.2, 0.25) is 0 Å². The zero-order chi connectivity index (χ0) is 96.6. The lowest BCUT2D eigenvalue weighted by Crippen LogP contribution is -2.49. The molecule has 0 radical (unpaired) electrons. The summed E-state index contributed by atoms with van der Waals surface area (Å²) >= 11 is 0. The molecule has 0 unspecified atom stereocenters. The summed E-state index contributed by atoms with van der Waals surface area (Å²) in [6.07, 6.45) is 23.9. The first-order valence-corrected chi connectivity index (χ1v) is 56.4. The lowest BCUT2D eigenvalue weighted by atomic mass is 9.52. The average Bonchev–Trinajstić information content (AvgIpc) is 1.70. The molecule has 2 heterocycles. The number of sulfone groups is 5. The van der Waals surface area contributed by atoms with E-state index in [-0.39, 0.29) is 143 Å². The highest BCUT2D eigenvalue weighted by atomic mass is 32.2. The number of halogens is 6. The summed E-state index contributed by atoms with van der Waals surface area (Å²) in [5.74, 6) is 2.90. The monoisotopic (exact) mass is 1950 g/mol. The van der Waals surface area contributed by atoms with Crippen LogP contribution in [0.4, 0.5) is 26.3 Å².